The lowest BCUT2D eigenvalue weighted by molar-refractivity contribution is -0.144. The molecule has 0 aromatic rings. The number of thioether (sulfide) groups is 1. The van der Waals surface area contributed by atoms with E-state index in [1.807, 2.05) is 20.8 Å². The van der Waals surface area contributed by atoms with E-state index in [2.05, 4.69) is 24.5 Å². The molecule has 3 unspecified atom stereocenters. The number of carbonyl (C=O) groups is 3. The van der Waals surface area contributed by atoms with Crippen molar-refractivity contribution < 1.29 is 19.5 Å². The predicted octanol–water partition coefficient (Wildman–Crippen LogP) is 2.17. The Kier molecular flexibility index (Phi) is 8.18. The Morgan fingerprint density at radius 2 is 1.88 bits per heavy atom. The molecule has 3 fully saturated rings. The third kappa shape index (κ3) is 3.95. The number of rotatable bonds is 11. The number of carbonyl (C=O) groups excluding carboxylic acids is 3. The first kappa shape index (κ1) is 25.3. The van der Waals surface area contributed by atoms with Gasteiger partial charge in [0.25, 0.3) is 0 Å². The summed E-state index contributed by atoms with van der Waals surface area (Å²) in [6.45, 7) is 11.2. The second-order valence-corrected chi connectivity index (χ2v) is 11.4. The van der Waals surface area contributed by atoms with Crippen LogP contribution in [0.25, 0.3) is 0 Å². The normalized spacial score (nSPS) is 35.0. The topological polar surface area (TPSA) is 98.7 Å². The van der Waals surface area contributed by atoms with Crippen LogP contribution in [0, 0.1) is 23.7 Å². The minimum atomic E-state index is -0.656. The van der Waals surface area contributed by atoms with Crippen molar-refractivity contribution in [2.75, 3.05) is 19.7 Å². The van der Waals surface area contributed by atoms with E-state index in [1.54, 1.807) is 16.7 Å². The van der Waals surface area contributed by atoms with Gasteiger partial charge in [-0.15, -0.1) is 11.8 Å². The Bertz CT molecular complexity index is 719. The summed E-state index contributed by atoms with van der Waals surface area (Å²) in [6.07, 6.45) is 4.32. The van der Waals surface area contributed by atoms with E-state index in [-0.39, 0.29) is 41.4 Å². The molecule has 0 aliphatic carbocycles. The van der Waals surface area contributed by atoms with Gasteiger partial charge in [0, 0.05) is 18.3 Å². The minimum absolute atomic E-state index is 0.0509. The standard InChI is InChI=1S/C24H41N3O4S/c1-6-9-11-26-22(30)20-24-15(5)12-17(32-24)18(21(29)25-10-7-2)19(24)23(31)27(20)16(13-28)14(4)8-3/h14-20,28H,6-13H2,1-5H3,(H,25,29)(H,26,30)/t14-,15?,16-,17+,18-,19-,20?,24?/m0/s1. The molecule has 0 saturated carbocycles. The number of aliphatic hydroxyl groups excluding tert-OH is 1. The number of hydrogen-bond acceptors (Lipinski definition) is 5. The number of fused-ring (bicyclic) bond motifs is 1. The lowest BCUT2D eigenvalue weighted by Gasteiger charge is -2.41. The Morgan fingerprint density at radius 1 is 1.19 bits per heavy atom. The number of likely N-dealkylation sites (tertiary alicyclic amines) is 1. The fraction of sp³-hybridized carbons (Fsp3) is 0.875. The molecular formula is C24H41N3O4S. The molecule has 3 aliphatic heterocycles. The first-order chi connectivity index (χ1) is 15.3. The van der Waals surface area contributed by atoms with E-state index < -0.39 is 28.7 Å². The van der Waals surface area contributed by atoms with Crippen molar-refractivity contribution >= 4 is 29.5 Å². The third-order valence-electron chi connectivity index (χ3n) is 7.96. The van der Waals surface area contributed by atoms with Crippen LogP contribution in [-0.2, 0) is 14.4 Å². The number of hydrogen-bond donors (Lipinski definition) is 3. The Hall–Kier alpha value is -1.28. The average molecular weight is 468 g/mol. The lowest BCUT2D eigenvalue weighted by atomic mass is 9.66. The maximum atomic E-state index is 14.0. The van der Waals surface area contributed by atoms with Gasteiger partial charge in [-0.25, -0.2) is 0 Å². The molecule has 3 rings (SSSR count). The SMILES string of the molecule is CCCCNC(=O)C1N([C@@H](CO)[C@@H](C)CC)C(=O)[C@@H]2[C@@H](C(=O)NCCC)[C@H]3CC(C)C12S3. The van der Waals surface area contributed by atoms with Crippen molar-refractivity contribution in [3.8, 4) is 0 Å². The highest BCUT2D eigenvalue weighted by molar-refractivity contribution is 8.02. The van der Waals surface area contributed by atoms with Gasteiger partial charge < -0.3 is 20.6 Å². The van der Waals surface area contributed by atoms with Crippen LogP contribution in [0.4, 0.5) is 0 Å². The van der Waals surface area contributed by atoms with Crippen molar-refractivity contribution in [3.63, 3.8) is 0 Å². The highest BCUT2D eigenvalue weighted by atomic mass is 32.2. The van der Waals surface area contributed by atoms with Crippen LogP contribution >= 0.6 is 11.8 Å². The molecule has 2 bridgehead atoms. The molecule has 8 atom stereocenters. The van der Waals surface area contributed by atoms with Gasteiger partial charge in [-0.2, -0.15) is 0 Å². The quantitative estimate of drug-likeness (QED) is 0.405. The fourth-order valence-corrected chi connectivity index (χ4v) is 8.49. The minimum Gasteiger partial charge on any atom is -0.394 e. The zero-order chi connectivity index (χ0) is 23.6. The third-order valence-corrected chi connectivity index (χ3v) is 10.0. The van der Waals surface area contributed by atoms with Crippen LogP contribution in [0.1, 0.15) is 66.7 Å². The average Bonchev–Trinajstić information content (AvgIpc) is 3.36. The zero-order valence-electron chi connectivity index (χ0n) is 20.2. The predicted molar refractivity (Wildman–Crippen MR) is 127 cm³/mol. The van der Waals surface area contributed by atoms with Crippen LogP contribution in [0.15, 0.2) is 0 Å². The molecule has 3 N–H and O–H groups in total. The molecule has 8 heteroatoms. The first-order valence-corrected chi connectivity index (χ1v) is 13.3. The van der Waals surface area contributed by atoms with Crippen LogP contribution in [0.3, 0.4) is 0 Å². The second kappa shape index (κ2) is 10.3. The molecule has 3 heterocycles. The highest BCUT2D eigenvalue weighted by Gasteiger charge is 2.76. The summed E-state index contributed by atoms with van der Waals surface area (Å²) in [6, 6.07) is -1.09. The molecule has 32 heavy (non-hydrogen) atoms. The molecule has 3 saturated heterocycles. The van der Waals surface area contributed by atoms with Crippen molar-refractivity contribution in [3.05, 3.63) is 0 Å². The van der Waals surface area contributed by atoms with Gasteiger partial charge >= 0.3 is 0 Å². The largest absolute Gasteiger partial charge is 0.394 e. The van der Waals surface area contributed by atoms with Gasteiger partial charge in [0.2, 0.25) is 17.7 Å². The Labute approximate surface area is 196 Å². The van der Waals surface area contributed by atoms with Gasteiger partial charge in [-0.3, -0.25) is 14.4 Å². The summed E-state index contributed by atoms with van der Waals surface area (Å²) in [7, 11) is 0. The van der Waals surface area contributed by atoms with E-state index in [4.69, 9.17) is 0 Å². The maximum absolute atomic E-state index is 14.0. The molecule has 3 aliphatic rings. The van der Waals surface area contributed by atoms with E-state index in [9.17, 15) is 19.5 Å². The summed E-state index contributed by atoms with van der Waals surface area (Å²) < 4.78 is -0.618. The zero-order valence-corrected chi connectivity index (χ0v) is 21.0. The van der Waals surface area contributed by atoms with Crippen molar-refractivity contribution in [2.45, 2.75) is 88.8 Å². The highest BCUT2D eigenvalue weighted by Crippen LogP contribution is 2.68. The second-order valence-electron chi connectivity index (χ2n) is 9.87. The monoisotopic (exact) mass is 467 g/mol. The Morgan fingerprint density at radius 3 is 2.47 bits per heavy atom. The van der Waals surface area contributed by atoms with Gasteiger partial charge in [0.05, 0.1) is 29.2 Å². The molecule has 7 nitrogen and oxygen atoms in total. The number of nitrogens with one attached hydrogen (secondary N) is 2. The summed E-state index contributed by atoms with van der Waals surface area (Å²) in [5, 5.41) is 16.4. The van der Waals surface area contributed by atoms with Crippen LogP contribution in [0.2, 0.25) is 0 Å². The summed E-state index contributed by atoms with van der Waals surface area (Å²) in [5.41, 5.74) is 0. The van der Waals surface area contributed by atoms with Crippen molar-refractivity contribution in [1.29, 1.82) is 0 Å². The lowest BCUT2D eigenvalue weighted by Crippen LogP contribution is -2.59. The van der Waals surface area contributed by atoms with Crippen LogP contribution in [-0.4, -0.2) is 69.5 Å². The summed E-state index contributed by atoms with van der Waals surface area (Å²) in [5.74, 6) is -1.06. The smallest absolute Gasteiger partial charge is 0.244 e. The molecule has 1 spiro atoms. The van der Waals surface area contributed by atoms with Crippen molar-refractivity contribution in [2.24, 2.45) is 23.7 Å². The van der Waals surface area contributed by atoms with Gasteiger partial charge in [0.1, 0.15) is 6.04 Å². The van der Waals surface area contributed by atoms with Gasteiger partial charge in [0.15, 0.2) is 0 Å². The van der Waals surface area contributed by atoms with E-state index in [1.165, 1.54) is 0 Å². The number of nitrogens with zero attached hydrogens (tertiary/aromatic N) is 1. The Balaban J connectivity index is 2.04. The molecule has 182 valence electrons. The van der Waals surface area contributed by atoms with Gasteiger partial charge in [-0.1, -0.05) is 47.5 Å². The molecule has 0 aromatic heterocycles. The van der Waals surface area contributed by atoms with E-state index >= 15 is 0 Å². The summed E-state index contributed by atoms with van der Waals surface area (Å²) in [4.78, 5) is 42.5. The molecule has 3 amide bonds. The van der Waals surface area contributed by atoms with Gasteiger partial charge in [-0.05, 0) is 31.1 Å². The summed E-state index contributed by atoms with van der Waals surface area (Å²) >= 11 is 1.69. The number of unbranched alkanes of at least 4 members (excludes halogenated alkanes) is 1. The maximum Gasteiger partial charge on any atom is 0.244 e. The fourth-order valence-electron chi connectivity index (χ4n) is 6.08. The van der Waals surface area contributed by atoms with Crippen LogP contribution in [0.5, 0.6) is 0 Å². The first-order valence-electron chi connectivity index (χ1n) is 12.5. The number of amides is 3. The molecular weight excluding hydrogens is 426 g/mol. The molecule has 0 aromatic carbocycles. The van der Waals surface area contributed by atoms with Crippen LogP contribution < -0.4 is 10.6 Å². The number of aliphatic hydroxyl groups is 1. The van der Waals surface area contributed by atoms with E-state index in [0.29, 0.717) is 13.1 Å². The van der Waals surface area contributed by atoms with Crippen molar-refractivity contribution in [1.82, 2.24) is 15.5 Å². The van der Waals surface area contributed by atoms with E-state index in [0.717, 1.165) is 32.1 Å². The molecule has 0 radical (unpaired) electrons.